The van der Waals surface area contributed by atoms with E-state index < -0.39 is 0 Å². The molecule has 0 aromatic carbocycles. The van der Waals surface area contributed by atoms with Crippen molar-refractivity contribution in [2.24, 2.45) is 5.73 Å². The van der Waals surface area contributed by atoms with Crippen LogP contribution in [0.2, 0.25) is 0 Å². The monoisotopic (exact) mass is 364 g/mol. The van der Waals surface area contributed by atoms with Crippen molar-refractivity contribution < 1.29 is 9.47 Å². The molecule has 1 atom stereocenters. The third-order valence-electron chi connectivity index (χ3n) is 3.03. The summed E-state index contributed by atoms with van der Waals surface area (Å²) in [4.78, 5) is 3.64. The van der Waals surface area contributed by atoms with Gasteiger partial charge in [0, 0.05) is 47.6 Å². The average Bonchev–Trinajstić information content (AvgIpc) is 2.86. The zero-order valence-corrected chi connectivity index (χ0v) is 14.7. The number of thiophene rings is 1. The second kappa shape index (κ2) is 10.7. The van der Waals surface area contributed by atoms with Crippen molar-refractivity contribution >= 4 is 27.3 Å². The van der Waals surface area contributed by atoms with Crippen LogP contribution < -0.4 is 5.73 Å². The van der Waals surface area contributed by atoms with Crippen LogP contribution in [-0.2, 0) is 9.47 Å². The first kappa shape index (κ1) is 18.1. The molecule has 116 valence electrons. The highest BCUT2D eigenvalue weighted by Gasteiger charge is 2.20. The molecule has 0 saturated carbocycles. The number of nitrogens with two attached hydrogens (primary N) is 1. The van der Waals surface area contributed by atoms with Crippen molar-refractivity contribution in [3.8, 4) is 0 Å². The minimum Gasteiger partial charge on any atom is -0.380 e. The second-order valence-electron chi connectivity index (χ2n) is 4.35. The fourth-order valence-electron chi connectivity index (χ4n) is 2.02. The van der Waals surface area contributed by atoms with Crippen LogP contribution in [-0.4, -0.2) is 51.0 Å². The maximum Gasteiger partial charge on any atom is 0.0593 e. The van der Waals surface area contributed by atoms with E-state index in [-0.39, 0.29) is 6.04 Å². The first-order chi connectivity index (χ1) is 9.72. The maximum atomic E-state index is 5.99. The van der Waals surface area contributed by atoms with E-state index >= 15 is 0 Å². The largest absolute Gasteiger partial charge is 0.380 e. The molecule has 0 aliphatic rings. The third-order valence-corrected chi connectivity index (χ3v) is 4.83. The molecule has 0 amide bonds. The molecular formula is C14H25BrN2O2S. The van der Waals surface area contributed by atoms with Crippen molar-refractivity contribution in [3.05, 3.63) is 20.8 Å². The van der Waals surface area contributed by atoms with Gasteiger partial charge in [-0.3, -0.25) is 4.90 Å². The van der Waals surface area contributed by atoms with Crippen molar-refractivity contribution in [2.45, 2.75) is 19.9 Å². The van der Waals surface area contributed by atoms with Crippen LogP contribution in [0.5, 0.6) is 0 Å². The Balaban J connectivity index is 2.65. The summed E-state index contributed by atoms with van der Waals surface area (Å²) in [7, 11) is 0. The van der Waals surface area contributed by atoms with Gasteiger partial charge in [0.2, 0.25) is 0 Å². The average molecular weight is 365 g/mol. The van der Waals surface area contributed by atoms with Crippen LogP contribution in [0, 0.1) is 0 Å². The van der Waals surface area contributed by atoms with E-state index in [1.807, 2.05) is 13.8 Å². The number of ether oxygens (including phenoxy) is 2. The van der Waals surface area contributed by atoms with Gasteiger partial charge in [0.15, 0.2) is 0 Å². The molecule has 0 radical (unpaired) electrons. The van der Waals surface area contributed by atoms with Crippen LogP contribution in [0.4, 0.5) is 0 Å². The molecule has 0 bridgehead atoms. The van der Waals surface area contributed by atoms with Gasteiger partial charge in [0.1, 0.15) is 0 Å². The normalized spacial score (nSPS) is 13.1. The van der Waals surface area contributed by atoms with Gasteiger partial charge in [-0.2, -0.15) is 0 Å². The van der Waals surface area contributed by atoms with Gasteiger partial charge in [0.25, 0.3) is 0 Å². The lowest BCUT2D eigenvalue weighted by Gasteiger charge is -2.30. The Morgan fingerprint density at radius 3 is 2.25 bits per heavy atom. The Morgan fingerprint density at radius 1 is 1.25 bits per heavy atom. The molecule has 0 saturated heterocycles. The van der Waals surface area contributed by atoms with E-state index in [9.17, 15) is 0 Å². The minimum atomic E-state index is 0.229. The standard InChI is InChI=1S/C14H25BrN2O2S/c1-3-18-7-5-17(6-8-19-4-2)13(10-16)14-9-12(15)11-20-14/h9,11,13H,3-8,10,16H2,1-2H3. The van der Waals surface area contributed by atoms with E-state index in [0.29, 0.717) is 6.54 Å². The summed E-state index contributed by atoms with van der Waals surface area (Å²) < 4.78 is 12.1. The maximum absolute atomic E-state index is 5.99. The molecule has 0 aliphatic heterocycles. The van der Waals surface area contributed by atoms with Crippen molar-refractivity contribution in [2.75, 3.05) is 46.1 Å². The minimum absolute atomic E-state index is 0.229. The Labute approximate surface area is 134 Å². The summed E-state index contributed by atoms with van der Waals surface area (Å²) in [5.41, 5.74) is 5.99. The Morgan fingerprint density at radius 2 is 1.85 bits per heavy atom. The van der Waals surface area contributed by atoms with Gasteiger partial charge in [-0.1, -0.05) is 0 Å². The fraction of sp³-hybridized carbons (Fsp3) is 0.714. The summed E-state index contributed by atoms with van der Waals surface area (Å²) in [5.74, 6) is 0. The smallest absolute Gasteiger partial charge is 0.0593 e. The molecule has 0 spiro atoms. The molecule has 0 aliphatic carbocycles. The number of hydrogen-bond donors (Lipinski definition) is 1. The molecule has 2 N–H and O–H groups in total. The molecular weight excluding hydrogens is 340 g/mol. The summed E-state index contributed by atoms with van der Waals surface area (Å²) in [6, 6.07) is 2.38. The van der Waals surface area contributed by atoms with Crippen LogP contribution in [0.25, 0.3) is 0 Å². The summed E-state index contributed by atoms with van der Waals surface area (Å²) in [5, 5.41) is 2.10. The predicted molar refractivity (Wildman–Crippen MR) is 88.4 cm³/mol. The van der Waals surface area contributed by atoms with Gasteiger partial charge in [-0.25, -0.2) is 0 Å². The Hall–Kier alpha value is 0.0200. The first-order valence-corrected chi connectivity index (χ1v) is 8.73. The molecule has 4 nitrogen and oxygen atoms in total. The van der Waals surface area contributed by atoms with Crippen molar-refractivity contribution in [1.29, 1.82) is 0 Å². The summed E-state index contributed by atoms with van der Waals surface area (Å²) in [6.45, 7) is 9.33. The molecule has 1 aromatic rings. The Bertz CT molecular complexity index is 353. The number of halogens is 1. The van der Waals surface area contributed by atoms with Crippen molar-refractivity contribution in [1.82, 2.24) is 4.90 Å². The fourth-order valence-corrected chi connectivity index (χ4v) is 3.62. The van der Waals surface area contributed by atoms with Crippen molar-refractivity contribution in [3.63, 3.8) is 0 Å². The lowest BCUT2D eigenvalue weighted by atomic mass is 10.2. The lowest BCUT2D eigenvalue weighted by Crippen LogP contribution is -2.38. The zero-order chi connectivity index (χ0) is 14.8. The van der Waals surface area contributed by atoms with Crippen LogP contribution >= 0.6 is 27.3 Å². The molecule has 1 unspecified atom stereocenters. The second-order valence-corrected chi connectivity index (χ2v) is 6.21. The molecule has 1 rings (SSSR count). The van der Waals surface area contributed by atoms with Gasteiger partial charge in [0.05, 0.1) is 19.3 Å². The van der Waals surface area contributed by atoms with E-state index in [2.05, 4.69) is 32.3 Å². The molecule has 20 heavy (non-hydrogen) atoms. The highest BCUT2D eigenvalue weighted by Crippen LogP contribution is 2.28. The highest BCUT2D eigenvalue weighted by atomic mass is 79.9. The van der Waals surface area contributed by atoms with E-state index in [0.717, 1.165) is 44.0 Å². The molecule has 6 heteroatoms. The quantitative estimate of drug-likeness (QED) is 0.613. The first-order valence-electron chi connectivity index (χ1n) is 7.06. The Kier molecular flexibility index (Phi) is 9.67. The zero-order valence-electron chi connectivity index (χ0n) is 12.3. The van der Waals surface area contributed by atoms with Gasteiger partial charge >= 0.3 is 0 Å². The number of hydrogen-bond acceptors (Lipinski definition) is 5. The number of nitrogens with zero attached hydrogens (tertiary/aromatic N) is 1. The molecule has 1 aromatic heterocycles. The van der Waals surface area contributed by atoms with Gasteiger partial charge < -0.3 is 15.2 Å². The predicted octanol–water partition coefficient (Wildman–Crippen LogP) is 2.89. The van der Waals surface area contributed by atoms with E-state index in [1.54, 1.807) is 11.3 Å². The van der Waals surface area contributed by atoms with E-state index in [1.165, 1.54) is 4.88 Å². The number of rotatable bonds is 11. The van der Waals surface area contributed by atoms with Crippen LogP contribution in [0.3, 0.4) is 0 Å². The summed E-state index contributed by atoms with van der Waals surface area (Å²) >= 11 is 5.25. The molecule has 0 fully saturated rings. The lowest BCUT2D eigenvalue weighted by molar-refractivity contribution is 0.0647. The third kappa shape index (κ3) is 6.20. The topological polar surface area (TPSA) is 47.7 Å². The van der Waals surface area contributed by atoms with Gasteiger partial charge in [-0.15, -0.1) is 11.3 Å². The molecule has 1 heterocycles. The van der Waals surface area contributed by atoms with Gasteiger partial charge in [-0.05, 0) is 35.8 Å². The van der Waals surface area contributed by atoms with Crippen LogP contribution in [0.15, 0.2) is 15.9 Å². The van der Waals surface area contributed by atoms with E-state index in [4.69, 9.17) is 15.2 Å². The summed E-state index contributed by atoms with van der Waals surface area (Å²) in [6.07, 6.45) is 0. The van der Waals surface area contributed by atoms with Crippen LogP contribution in [0.1, 0.15) is 24.8 Å². The SMILES string of the molecule is CCOCCN(CCOCC)C(CN)c1cc(Br)cs1. The highest BCUT2D eigenvalue weighted by molar-refractivity contribution is 9.10.